The molecule has 0 aliphatic heterocycles. The van der Waals surface area contributed by atoms with Gasteiger partial charge in [-0.2, -0.15) is 0 Å². The Morgan fingerprint density at radius 1 is 1.21 bits per heavy atom. The van der Waals surface area contributed by atoms with E-state index in [1.54, 1.807) is 0 Å². The molecule has 0 amide bonds. The number of unbranched alkanes of at least 4 members (excludes halogenated alkanes) is 3. The molecule has 1 aliphatic carbocycles. The zero-order valence-electron chi connectivity index (χ0n) is 9.77. The van der Waals surface area contributed by atoms with Crippen LogP contribution in [0.2, 0.25) is 0 Å². The van der Waals surface area contributed by atoms with E-state index < -0.39 is 0 Å². The van der Waals surface area contributed by atoms with Crippen LogP contribution < -0.4 is 0 Å². The van der Waals surface area contributed by atoms with Crippen LogP contribution in [0.15, 0.2) is 0 Å². The Balaban J connectivity index is 2.28. The summed E-state index contributed by atoms with van der Waals surface area (Å²) in [5.74, 6) is 0.528. The highest BCUT2D eigenvalue weighted by atomic mass is 16.1. The maximum Gasteiger partial charge on any atom is 0.138 e. The molecular formula is C13H24O. The largest absolute Gasteiger partial charge is 0.299 e. The highest BCUT2D eigenvalue weighted by Crippen LogP contribution is 2.37. The molecular weight excluding hydrogens is 172 g/mol. The minimum atomic E-state index is 0.0476. The Morgan fingerprint density at radius 2 is 2.00 bits per heavy atom. The van der Waals surface area contributed by atoms with Crippen molar-refractivity contribution in [2.45, 2.75) is 71.6 Å². The van der Waals surface area contributed by atoms with Crippen molar-refractivity contribution < 1.29 is 4.79 Å². The summed E-state index contributed by atoms with van der Waals surface area (Å²) in [4.78, 5) is 11.8. The number of hydrogen-bond acceptors (Lipinski definition) is 1. The monoisotopic (exact) mass is 196 g/mol. The van der Waals surface area contributed by atoms with Gasteiger partial charge in [0.05, 0.1) is 0 Å². The van der Waals surface area contributed by atoms with Crippen LogP contribution >= 0.6 is 0 Å². The number of carbonyl (C=O) groups is 1. The molecule has 1 fully saturated rings. The molecule has 0 aromatic rings. The minimum Gasteiger partial charge on any atom is -0.299 e. The molecule has 0 radical (unpaired) electrons. The summed E-state index contributed by atoms with van der Waals surface area (Å²) in [6.45, 7) is 4.41. The van der Waals surface area contributed by atoms with E-state index in [0.29, 0.717) is 5.78 Å². The van der Waals surface area contributed by atoms with Gasteiger partial charge in [0.1, 0.15) is 5.78 Å². The molecule has 0 saturated heterocycles. The molecule has 1 atom stereocenters. The summed E-state index contributed by atoms with van der Waals surface area (Å²) in [6, 6.07) is 0. The lowest BCUT2D eigenvalue weighted by Gasteiger charge is -2.32. The Hall–Kier alpha value is -0.330. The molecule has 1 unspecified atom stereocenters. The highest BCUT2D eigenvalue weighted by molar-refractivity contribution is 5.85. The van der Waals surface area contributed by atoms with Gasteiger partial charge in [0.15, 0.2) is 0 Å². The van der Waals surface area contributed by atoms with Crippen molar-refractivity contribution in [3.8, 4) is 0 Å². The van der Waals surface area contributed by atoms with Crippen LogP contribution in [0.1, 0.15) is 71.6 Å². The van der Waals surface area contributed by atoms with Crippen molar-refractivity contribution in [3.63, 3.8) is 0 Å². The third-order valence-electron chi connectivity index (χ3n) is 3.64. The average molecular weight is 196 g/mol. The summed E-state index contributed by atoms with van der Waals surface area (Å²) < 4.78 is 0. The molecule has 1 saturated carbocycles. The van der Waals surface area contributed by atoms with Crippen molar-refractivity contribution in [3.05, 3.63) is 0 Å². The van der Waals surface area contributed by atoms with Crippen LogP contribution in [-0.2, 0) is 4.79 Å². The van der Waals surface area contributed by atoms with E-state index in [0.717, 1.165) is 25.7 Å². The van der Waals surface area contributed by atoms with E-state index in [9.17, 15) is 4.79 Å². The smallest absolute Gasteiger partial charge is 0.138 e. The number of carbonyl (C=O) groups excluding carboxylic acids is 1. The van der Waals surface area contributed by atoms with Crippen LogP contribution in [0.4, 0.5) is 0 Å². The van der Waals surface area contributed by atoms with E-state index in [1.807, 2.05) is 0 Å². The number of hydrogen-bond donors (Lipinski definition) is 0. The summed E-state index contributed by atoms with van der Waals surface area (Å²) >= 11 is 0. The molecule has 0 heterocycles. The van der Waals surface area contributed by atoms with Crippen molar-refractivity contribution in [2.24, 2.45) is 5.41 Å². The lowest BCUT2D eigenvalue weighted by molar-refractivity contribution is -0.130. The lowest BCUT2D eigenvalue weighted by atomic mass is 9.71. The highest BCUT2D eigenvalue weighted by Gasteiger charge is 2.33. The number of Topliss-reactive ketones (excluding diaryl/α,β-unsaturated/α-hetero) is 1. The van der Waals surface area contributed by atoms with Gasteiger partial charge in [-0.05, 0) is 19.3 Å². The van der Waals surface area contributed by atoms with E-state index in [2.05, 4.69) is 13.8 Å². The van der Waals surface area contributed by atoms with Crippen LogP contribution in [0.5, 0.6) is 0 Å². The van der Waals surface area contributed by atoms with Crippen LogP contribution in [-0.4, -0.2) is 5.78 Å². The van der Waals surface area contributed by atoms with Crippen LogP contribution in [0, 0.1) is 5.41 Å². The second-order valence-corrected chi connectivity index (χ2v) is 5.00. The first kappa shape index (κ1) is 11.7. The maximum atomic E-state index is 11.8. The van der Waals surface area contributed by atoms with Crippen molar-refractivity contribution >= 4 is 5.78 Å². The minimum absolute atomic E-state index is 0.0476. The van der Waals surface area contributed by atoms with E-state index in [4.69, 9.17) is 0 Å². The van der Waals surface area contributed by atoms with Gasteiger partial charge in [-0.1, -0.05) is 46.0 Å². The summed E-state index contributed by atoms with van der Waals surface area (Å²) in [7, 11) is 0. The van der Waals surface area contributed by atoms with Gasteiger partial charge < -0.3 is 0 Å². The maximum absolute atomic E-state index is 11.8. The molecule has 1 rings (SSSR count). The Bertz CT molecular complexity index is 186. The Morgan fingerprint density at radius 3 is 2.64 bits per heavy atom. The van der Waals surface area contributed by atoms with Gasteiger partial charge in [0, 0.05) is 11.8 Å². The van der Waals surface area contributed by atoms with Crippen LogP contribution in [0.25, 0.3) is 0 Å². The lowest BCUT2D eigenvalue weighted by Crippen LogP contribution is -2.30. The Labute approximate surface area is 88.3 Å². The molecule has 1 nitrogen and oxygen atoms in total. The fraction of sp³-hybridized carbons (Fsp3) is 0.923. The molecule has 0 aromatic heterocycles. The normalized spacial score (nSPS) is 28.0. The summed E-state index contributed by atoms with van der Waals surface area (Å²) in [5, 5.41) is 0. The van der Waals surface area contributed by atoms with Gasteiger partial charge in [-0.25, -0.2) is 0 Å². The van der Waals surface area contributed by atoms with Gasteiger partial charge in [-0.15, -0.1) is 0 Å². The van der Waals surface area contributed by atoms with Gasteiger partial charge >= 0.3 is 0 Å². The summed E-state index contributed by atoms with van der Waals surface area (Å²) in [5.41, 5.74) is 0.0476. The standard InChI is InChI=1S/C13H24O/c1-3-4-5-7-10-13(2)11-8-6-9-12(13)14/h3-11H2,1-2H3. The molecule has 1 aliphatic rings. The first-order chi connectivity index (χ1) is 6.69. The second-order valence-electron chi connectivity index (χ2n) is 5.00. The van der Waals surface area contributed by atoms with E-state index in [1.165, 1.54) is 32.1 Å². The second kappa shape index (κ2) is 5.53. The third kappa shape index (κ3) is 3.11. The fourth-order valence-electron chi connectivity index (χ4n) is 2.45. The topological polar surface area (TPSA) is 17.1 Å². The molecule has 0 bridgehead atoms. The average Bonchev–Trinajstić information content (AvgIpc) is 2.18. The van der Waals surface area contributed by atoms with Crippen molar-refractivity contribution in [1.29, 1.82) is 0 Å². The van der Waals surface area contributed by atoms with Gasteiger partial charge in [0.25, 0.3) is 0 Å². The Kier molecular flexibility index (Phi) is 4.64. The number of ketones is 1. The first-order valence-corrected chi connectivity index (χ1v) is 6.22. The molecule has 1 heteroatoms. The SMILES string of the molecule is CCCCCCC1(C)CCCCC1=O. The quantitative estimate of drug-likeness (QED) is 0.605. The summed E-state index contributed by atoms with van der Waals surface area (Å²) in [6.07, 6.45) is 10.7. The van der Waals surface area contributed by atoms with Crippen molar-refractivity contribution in [2.75, 3.05) is 0 Å². The van der Waals surface area contributed by atoms with Crippen LogP contribution in [0.3, 0.4) is 0 Å². The zero-order chi connectivity index (χ0) is 10.4. The van der Waals surface area contributed by atoms with E-state index in [-0.39, 0.29) is 5.41 Å². The molecule has 0 aromatic carbocycles. The van der Waals surface area contributed by atoms with Crippen molar-refractivity contribution in [1.82, 2.24) is 0 Å². The van der Waals surface area contributed by atoms with Gasteiger partial charge in [0.2, 0.25) is 0 Å². The van der Waals surface area contributed by atoms with E-state index >= 15 is 0 Å². The number of rotatable bonds is 5. The first-order valence-electron chi connectivity index (χ1n) is 6.22. The zero-order valence-corrected chi connectivity index (χ0v) is 9.77. The molecule has 0 spiro atoms. The third-order valence-corrected chi connectivity index (χ3v) is 3.64. The van der Waals surface area contributed by atoms with Gasteiger partial charge in [-0.3, -0.25) is 4.79 Å². The predicted molar refractivity (Wildman–Crippen MR) is 60.3 cm³/mol. The molecule has 14 heavy (non-hydrogen) atoms. The molecule has 0 N–H and O–H groups in total. The predicted octanol–water partition coefficient (Wildman–Crippen LogP) is 4.11. The fourth-order valence-corrected chi connectivity index (χ4v) is 2.45. The molecule has 82 valence electrons.